The van der Waals surface area contributed by atoms with Gasteiger partial charge in [0.05, 0.1) is 0 Å². The maximum Gasteiger partial charge on any atom is 0.252 e. The minimum absolute atomic E-state index is 0.142. The Morgan fingerprint density at radius 2 is 2.20 bits per heavy atom. The average Bonchev–Trinajstić information content (AvgIpc) is 3.34. The number of aromatic nitrogens is 6. The number of ether oxygens (including phenoxy) is 1. The second-order valence-electron chi connectivity index (χ2n) is 5.13. The molecule has 3 aromatic heterocycles. The predicted molar refractivity (Wildman–Crippen MR) is 86.3 cm³/mol. The number of H-pyrrole nitrogens is 2. The maximum absolute atomic E-state index is 11.8. The Hall–Kier alpha value is -3.53. The molecule has 0 fully saturated rings. The number of anilines is 1. The number of carbonyl (C=O) groups is 1. The lowest BCUT2D eigenvalue weighted by atomic mass is 10.2. The third kappa shape index (κ3) is 3.38. The zero-order valence-corrected chi connectivity index (χ0v) is 12.9. The highest BCUT2D eigenvalue weighted by Crippen LogP contribution is 2.25. The van der Waals surface area contributed by atoms with E-state index >= 15 is 0 Å². The van der Waals surface area contributed by atoms with E-state index in [-0.39, 0.29) is 25.1 Å². The van der Waals surface area contributed by atoms with Crippen molar-refractivity contribution in [1.82, 2.24) is 30.4 Å². The first-order valence-corrected chi connectivity index (χ1v) is 7.41. The number of fused-ring (bicyclic) bond motifs is 1. The maximum atomic E-state index is 11.8. The van der Waals surface area contributed by atoms with Crippen molar-refractivity contribution in [2.45, 2.75) is 6.61 Å². The van der Waals surface area contributed by atoms with Crippen LogP contribution >= 0.6 is 0 Å². The standard InChI is InChI=1S/C15H13N7O3/c23-13(7-24-6-12-16-8-17-20-12)18-15-19-14(21-22-15)11-5-9-3-1-2-4-10(9)25-11/h1-5,8H,6-7H2,(H,16,17,20)(H2,18,19,21,22,23). The third-order valence-electron chi connectivity index (χ3n) is 3.33. The number of nitrogens with one attached hydrogen (secondary N) is 3. The molecule has 0 aliphatic heterocycles. The van der Waals surface area contributed by atoms with Gasteiger partial charge in [0, 0.05) is 5.39 Å². The molecule has 0 radical (unpaired) electrons. The van der Waals surface area contributed by atoms with Crippen molar-refractivity contribution in [3.8, 4) is 11.6 Å². The number of carbonyl (C=O) groups excluding carboxylic acids is 1. The number of furan rings is 1. The summed E-state index contributed by atoms with van der Waals surface area (Å²) in [6.07, 6.45) is 1.37. The van der Waals surface area contributed by atoms with Crippen molar-refractivity contribution in [3.05, 3.63) is 42.5 Å². The molecule has 0 atom stereocenters. The molecule has 10 nitrogen and oxygen atoms in total. The normalized spacial score (nSPS) is 11.0. The molecule has 4 aromatic rings. The molecular weight excluding hydrogens is 326 g/mol. The monoisotopic (exact) mass is 339 g/mol. The number of nitrogens with zero attached hydrogens (tertiary/aromatic N) is 4. The first-order valence-electron chi connectivity index (χ1n) is 7.41. The van der Waals surface area contributed by atoms with Crippen LogP contribution in [0.4, 0.5) is 5.95 Å². The minimum Gasteiger partial charge on any atom is -0.453 e. The second-order valence-corrected chi connectivity index (χ2v) is 5.13. The summed E-state index contributed by atoms with van der Waals surface area (Å²) in [7, 11) is 0. The van der Waals surface area contributed by atoms with Crippen LogP contribution in [-0.2, 0) is 16.1 Å². The Morgan fingerprint density at radius 1 is 1.28 bits per heavy atom. The van der Waals surface area contributed by atoms with Gasteiger partial charge in [0.1, 0.15) is 30.9 Å². The first kappa shape index (κ1) is 15.0. The van der Waals surface area contributed by atoms with Crippen LogP contribution in [0.25, 0.3) is 22.6 Å². The molecule has 0 saturated heterocycles. The van der Waals surface area contributed by atoms with Gasteiger partial charge in [-0.3, -0.25) is 20.3 Å². The zero-order valence-electron chi connectivity index (χ0n) is 12.9. The summed E-state index contributed by atoms with van der Waals surface area (Å²) < 4.78 is 10.9. The Labute approximate surface area is 140 Å². The van der Waals surface area contributed by atoms with Gasteiger partial charge in [-0.25, -0.2) is 4.98 Å². The van der Waals surface area contributed by atoms with Gasteiger partial charge in [-0.1, -0.05) is 18.2 Å². The summed E-state index contributed by atoms with van der Waals surface area (Å²) in [5.41, 5.74) is 0.750. The number of hydrogen-bond donors (Lipinski definition) is 3. The van der Waals surface area contributed by atoms with Crippen molar-refractivity contribution in [1.29, 1.82) is 0 Å². The lowest BCUT2D eigenvalue weighted by molar-refractivity contribution is -0.121. The fourth-order valence-electron chi connectivity index (χ4n) is 2.23. The number of aromatic amines is 2. The Kier molecular flexibility index (Phi) is 3.92. The topological polar surface area (TPSA) is 135 Å². The van der Waals surface area contributed by atoms with Crippen molar-refractivity contribution < 1.29 is 13.9 Å². The molecule has 0 aliphatic carbocycles. The molecule has 0 aliphatic rings. The van der Waals surface area contributed by atoms with Gasteiger partial charge < -0.3 is 9.15 Å². The molecule has 0 unspecified atom stereocenters. The molecule has 25 heavy (non-hydrogen) atoms. The van der Waals surface area contributed by atoms with Crippen molar-refractivity contribution in [2.75, 3.05) is 11.9 Å². The van der Waals surface area contributed by atoms with Crippen molar-refractivity contribution >= 4 is 22.8 Å². The molecule has 1 amide bonds. The average molecular weight is 339 g/mol. The van der Waals surface area contributed by atoms with Crippen LogP contribution in [0.1, 0.15) is 5.82 Å². The number of hydrogen-bond acceptors (Lipinski definition) is 7. The molecule has 3 heterocycles. The number of amides is 1. The molecule has 3 N–H and O–H groups in total. The number of rotatable bonds is 6. The van der Waals surface area contributed by atoms with Crippen LogP contribution in [0.15, 0.2) is 41.1 Å². The van der Waals surface area contributed by atoms with E-state index in [2.05, 4.69) is 35.7 Å². The van der Waals surface area contributed by atoms with E-state index < -0.39 is 0 Å². The van der Waals surface area contributed by atoms with E-state index in [1.807, 2.05) is 30.3 Å². The molecule has 0 bridgehead atoms. The van der Waals surface area contributed by atoms with Gasteiger partial charge in [-0.15, -0.1) is 5.10 Å². The fraction of sp³-hybridized carbons (Fsp3) is 0.133. The molecule has 126 valence electrons. The summed E-state index contributed by atoms with van der Waals surface area (Å²) >= 11 is 0. The van der Waals surface area contributed by atoms with E-state index in [4.69, 9.17) is 9.15 Å². The van der Waals surface area contributed by atoms with Gasteiger partial charge in [0.15, 0.2) is 11.6 Å². The van der Waals surface area contributed by atoms with Crippen molar-refractivity contribution in [3.63, 3.8) is 0 Å². The van der Waals surface area contributed by atoms with Gasteiger partial charge in [-0.2, -0.15) is 10.1 Å². The summed E-state index contributed by atoms with van der Waals surface area (Å²) in [5.74, 6) is 1.26. The van der Waals surface area contributed by atoms with Gasteiger partial charge in [-0.05, 0) is 12.1 Å². The fourth-order valence-corrected chi connectivity index (χ4v) is 2.23. The van der Waals surface area contributed by atoms with E-state index in [1.165, 1.54) is 6.33 Å². The smallest absolute Gasteiger partial charge is 0.252 e. The lowest BCUT2D eigenvalue weighted by Gasteiger charge is -2.01. The SMILES string of the molecule is O=C(COCc1ncn[nH]1)Nc1n[nH]c(-c2cc3ccccc3o2)n1. The highest BCUT2D eigenvalue weighted by atomic mass is 16.5. The summed E-state index contributed by atoms with van der Waals surface area (Å²) in [6, 6.07) is 9.46. The van der Waals surface area contributed by atoms with Crippen LogP contribution in [0.3, 0.4) is 0 Å². The highest BCUT2D eigenvalue weighted by molar-refractivity contribution is 5.90. The van der Waals surface area contributed by atoms with E-state index in [0.29, 0.717) is 17.4 Å². The van der Waals surface area contributed by atoms with Gasteiger partial charge in [0.2, 0.25) is 5.95 Å². The van der Waals surface area contributed by atoms with Crippen LogP contribution in [-0.4, -0.2) is 42.9 Å². The van der Waals surface area contributed by atoms with Crippen LogP contribution in [0.2, 0.25) is 0 Å². The van der Waals surface area contributed by atoms with E-state index in [0.717, 1.165) is 11.0 Å². The molecule has 1 aromatic carbocycles. The molecule has 0 saturated carbocycles. The van der Waals surface area contributed by atoms with E-state index in [1.54, 1.807) is 0 Å². The van der Waals surface area contributed by atoms with Crippen LogP contribution in [0.5, 0.6) is 0 Å². The second kappa shape index (κ2) is 6.53. The van der Waals surface area contributed by atoms with Crippen LogP contribution < -0.4 is 5.32 Å². The first-order chi connectivity index (χ1) is 12.3. The van der Waals surface area contributed by atoms with E-state index in [9.17, 15) is 4.79 Å². The molecule has 0 spiro atoms. The Bertz CT molecular complexity index is 957. The van der Waals surface area contributed by atoms with Gasteiger partial charge in [0.25, 0.3) is 5.91 Å². The van der Waals surface area contributed by atoms with Crippen molar-refractivity contribution in [2.24, 2.45) is 0 Å². The molecular formula is C15H13N7O3. The quantitative estimate of drug-likeness (QED) is 0.484. The number of para-hydroxylation sites is 1. The Balaban J connectivity index is 1.36. The largest absolute Gasteiger partial charge is 0.453 e. The Morgan fingerprint density at radius 3 is 3.04 bits per heavy atom. The minimum atomic E-state index is -0.380. The molecule has 4 rings (SSSR count). The third-order valence-corrected chi connectivity index (χ3v) is 3.33. The summed E-state index contributed by atoms with van der Waals surface area (Å²) in [6.45, 7) is 0.000853. The van der Waals surface area contributed by atoms with Gasteiger partial charge >= 0.3 is 0 Å². The predicted octanol–water partition coefficient (Wildman–Crippen LogP) is 1.49. The molecule has 10 heteroatoms. The summed E-state index contributed by atoms with van der Waals surface area (Å²) in [4.78, 5) is 19.9. The number of benzene rings is 1. The highest BCUT2D eigenvalue weighted by Gasteiger charge is 2.13. The van der Waals surface area contributed by atoms with Crippen LogP contribution in [0, 0.1) is 0 Å². The summed E-state index contributed by atoms with van der Waals surface area (Å²) in [5, 5.41) is 16.5. The zero-order chi connectivity index (χ0) is 17.1. The lowest BCUT2D eigenvalue weighted by Crippen LogP contribution is -2.19.